The topological polar surface area (TPSA) is 41.5 Å². The second-order valence-corrected chi connectivity index (χ2v) is 5.34. The lowest BCUT2D eigenvalue weighted by Gasteiger charge is -2.14. The van der Waals surface area contributed by atoms with Gasteiger partial charge in [0.15, 0.2) is 0 Å². The number of carbonyl (C=O) groups is 1. The van der Waals surface area contributed by atoms with Gasteiger partial charge in [-0.1, -0.05) is 6.07 Å². The fourth-order valence-corrected chi connectivity index (χ4v) is 2.64. The molecule has 1 aliphatic heterocycles. The van der Waals surface area contributed by atoms with Crippen LogP contribution in [0.5, 0.6) is 0 Å². The van der Waals surface area contributed by atoms with Crippen molar-refractivity contribution in [3.8, 4) is 11.1 Å². The van der Waals surface area contributed by atoms with Crippen LogP contribution in [0.4, 0.5) is 17.6 Å². The molecule has 0 spiro atoms. The number of alkyl halides is 3. The van der Waals surface area contributed by atoms with Crippen molar-refractivity contribution in [1.82, 2.24) is 5.32 Å². The molecule has 2 aromatic carbocycles. The minimum absolute atomic E-state index is 0.158. The smallest absolute Gasteiger partial charge is 0.355 e. The number of hydrogen-bond donors (Lipinski definition) is 1. The molecule has 24 heavy (non-hydrogen) atoms. The molecule has 1 heterocycles. The highest BCUT2D eigenvalue weighted by molar-refractivity contribution is 5.97. The zero-order valence-corrected chi connectivity index (χ0v) is 12.5. The molecule has 0 radical (unpaired) electrons. The Balaban J connectivity index is 2.16. The first-order chi connectivity index (χ1) is 11.3. The molecule has 0 saturated heterocycles. The fraction of sp³-hybridized carbons (Fsp3) is 0.176. The van der Waals surface area contributed by atoms with E-state index in [2.05, 4.69) is 10.3 Å². The van der Waals surface area contributed by atoms with Crippen LogP contribution in [0.1, 0.15) is 27.0 Å². The summed E-state index contributed by atoms with van der Waals surface area (Å²) in [6.45, 7) is 0.158. The van der Waals surface area contributed by atoms with Crippen LogP contribution in [0.25, 0.3) is 11.1 Å². The van der Waals surface area contributed by atoms with Crippen LogP contribution < -0.4 is 5.32 Å². The number of hydrogen-bond acceptors (Lipinski definition) is 2. The van der Waals surface area contributed by atoms with E-state index in [0.29, 0.717) is 11.1 Å². The van der Waals surface area contributed by atoms with E-state index in [1.165, 1.54) is 25.4 Å². The Morgan fingerprint density at radius 3 is 2.58 bits per heavy atom. The number of aliphatic imine (C=N–C) groups is 1. The lowest BCUT2D eigenvalue weighted by molar-refractivity contribution is -0.137. The molecule has 0 bridgehead atoms. The number of carbonyl (C=O) groups excluding carboxylic acids is 1. The SMILES string of the molecule is CNC(=O)c1ccc(-c2cc(C(F)(F)F)cc3c2C=NC3)cc1F. The molecule has 3 rings (SSSR count). The largest absolute Gasteiger partial charge is 0.416 e. The highest BCUT2D eigenvalue weighted by Crippen LogP contribution is 2.37. The summed E-state index contributed by atoms with van der Waals surface area (Å²) >= 11 is 0. The molecule has 1 N–H and O–H groups in total. The Kier molecular flexibility index (Phi) is 3.87. The van der Waals surface area contributed by atoms with E-state index in [4.69, 9.17) is 0 Å². The van der Waals surface area contributed by atoms with Gasteiger partial charge in [-0.05, 0) is 41.0 Å². The van der Waals surface area contributed by atoms with Crippen molar-refractivity contribution in [2.24, 2.45) is 4.99 Å². The molecule has 1 amide bonds. The molecule has 1 aliphatic rings. The quantitative estimate of drug-likeness (QED) is 0.833. The lowest BCUT2D eigenvalue weighted by Crippen LogP contribution is -2.19. The van der Waals surface area contributed by atoms with Crippen molar-refractivity contribution in [1.29, 1.82) is 0 Å². The summed E-state index contributed by atoms with van der Waals surface area (Å²) in [5, 5.41) is 2.30. The standard InChI is InChI=1S/C17H12F4N2O/c1-22-16(24)12-3-2-9(5-15(12)18)13-6-11(17(19,20)21)4-10-7-23-8-14(10)13/h2-6,8H,7H2,1H3,(H,22,24). The zero-order chi connectivity index (χ0) is 17.5. The van der Waals surface area contributed by atoms with Gasteiger partial charge in [-0.25, -0.2) is 4.39 Å². The molecular formula is C17H12F4N2O. The summed E-state index contributed by atoms with van der Waals surface area (Å²) in [5.74, 6) is -1.40. The molecule has 0 unspecified atom stereocenters. The van der Waals surface area contributed by atoms with Gasteiger partial charge in [0.05, 0.1) is 17.7 Å². The van der Waals surface area contributed by atoms with Gasteiger partial charge >= 0.3 is 6.18 Å². The molecule has 7 heteroatoms. The van der Waals surface area contributed by atoms with Gasteiger partial charge in [-0.3, -0.25) is 9.79 Å². The molecule has 0 aliphatic carbocycles. The highest BCUT2D eigenvalue weighted by Gasteiger charge is 2.32. The average molecular weight is 336 g/mol. The summed E-state index contributed by atoms with van der Waals surface area (Å²) in [7, 11) is 1.37. The maximum atomic E-state index is 14.1. The highest BCUT2D eigenvalue weighted by atomic mass is 19.4. The van der Waals surface area contributed by atoms with Gasteiger partial charge in [0, 0.05) is 18.8 Å². The van der Waals surface area contributed by atoms with Gasteiger partial charge in [0.1, 0.15) is 5.82 Å². The second kappa shape index (κ2) is 5.74. The summed E-state index contributed by atoms with van der Waals surface area (Å²) in [6.07, 6.45) is -3.03. The van der Waals surface area contributed by atoms with Crippen LogP contribution in [-0.2, 0) is 12.7 Å². The number of nitrogens with one attached hydrogen (secondary N) is 1. The van der Waals surface area contributed by atoms with Crippen LogP contribution in [0, 0.1) is 5.82 Å². The Morgan fingerprint density at radius 1 is 1.21 bits per heavy atom. The predicted octanol–water partition coefficient (Wildman–Crippen LogP) is 3.80. The van der Waals surface area contributed by atoms with Gasteiger partial charge in [0.25, 0.3) is 5.91 Å². The zero-order valence-electron chi connectivity index (χ0n) is 12.5. The van der Waals surface area contributed by atoms with E-state index < -0.39 is 23.5 Å². The lowest BCUT2D eigenvalue weighted by atomic mass is 9.93. The minimum Gasteiger partial charge on any atom is -0.355 e. The molecule has 0 atom stereocenters. The monoisotopic (exact) mass is 336 g/mol. The number of rotatable bonds is 2. The van der Waals surface area contributed by atoms with Crippen molar-refractivity contribution in [3.05, 3.63) is 58.4 Å². The van der Waals surface area contributed by atoms with E-state index >= 15 is 0 Å². The van der Waals surface area contributed by atoms with E-state index in [1.54, 1.807) is 0 Å². The molecule has 2 aromatic rings. The number of fused-ring (bicyclic) bond motifs is 1. The van der Waals surface area contributed by atoms with Crippen LogP contribution in [-0.4, -0.2) is 19.2 Å². The van der Waals surface area contributed by atoms with Gasteiger partial charge in [-0.15, -0.1) is 0 Å². The first-order valence-electron chi connectivity index (χ1n) is 7.07. The summed E-state index contributed by atoms with van der Waals surface area (Å²) in [6, 6.07) is 5.77. The van der Waals surface area contributed by atoms with E-state index in [-0.39, 0.29) is 23.2 Å². The number of nitrogens with zero attached hydrogens (tertiary/aromatic N) is 1. The Hall–Kier alpha value is -2.70. The van der Waals surface area contributed by atoms with Crippen molar-refractivity contribution < 1.29 is 22.4 Å². The summed E-state index contributed by atoms with van der Waals surface area (Å²) < 4.78 is 53.4. The third-order valence-electron chi connectivity index (χ3n) is 3.83. The van der Waals surface area contributed by atoms with Gasteiger partial charge < -0.3 is 5.32 Å². The molecular weight excluding hydrogens is 324 g/mol. The first-order valence-corrected chi connectivity index (χ1v) is 7.07. The summed E-state index contributed by atoms with van der Waals surface area (Å²) in [4.78, 5) is 15.5. The van der Waals surface area contributed by atoms with Crippen molar-refractivity contribution in [2.45, 2.75) is 12.7 Å². The Bertz CT molecular complexity index is 856. The number of halogens is 4. The normalized spacial score (nSPS) is 13.0. The van der Waals surface area contributed by atoms with Crippen LogP contribution >= 0.6 is 0 Å². The molecule has 0 aromatic heterocycles. The number of benzene rings is 2. The van der Waals surface area contributed by atoms with Crippen molar-refractivity contribution >= 4 is 12.1 Å². The third-order valence-corrected chi connectivity index (χ3v) is 3.83. The van der Waals surface area contributed by atoms with Crippen molar-refractivity contribution in [3.63, 3.8) is 0 Å². The average Bonchev–Trinajstić information content (AvgIpc) is 3.00. The number of amides is 1. The van der Waals surface area contributed by atoms with Crippen molar-refractivity contribution in [2.75, 3.05) is 7.05 Å². The van der Waals surface area contributed by atoms with E-state index in [1.807, 2.05) is 0 Å². The summed E-state index contributed by atoms with van der Waals surface area (Å²) in [5.41, 5.74) is 0.501. The first kappa shape index (κ1) is 16.2. The minimum atomic E-state index is -4.51. The van der Waals surface area contributed by atoms with Crippen LogP contribution in [0.2, 0.25) is 0 Å². The second-order valence-electron chi connectivity index (χ2n) is 5.34. The van der Waals surface area contributed by atoms with E-state index in [0.717, 1.165) is 18.2 Å². The maximum absolute atomic E-state index is 14.1. The van der Waals surface area contributed by atoms with Gasteiger partial charge in [-0.2, -0.15) is 13.2 Å². The maximum Gasteiger partial charge on any atom is 0.416 e. The molecule has 3 nitrogen and oxygen atoms in total. The molecule has 124 valence electrons. The van der Waals surface area contributed by atoms with Crippen LogP contribution in [0.3, 0.4) is 0 Å². The predicted molar refractivity (Wildman–Crippen MR) is 81.5 cm³/mol. The van der Waals surface area contributed by atoms with Crippen LogP contribution in [0.15, 0.2) is 35.3 Å². The Labute approximate surface area is 135 Å². The Morgan fingerprint density at radius 2 is 1.96 bits per heavy atom. The van der Waals surface area contributed by atoms with E-state index in [9.17, 15) is 22.4 Å². The molecule has 0 saturated carbocycles. The molecule has 0 fully saturated rings. The third kappa shape index (κ3) is 2.77. The van der Waals surface area contributed by atoms with Gasteiger partial charge in [0.2, 0.25) is 0 Å². The fourth-order valence-electron chi connectivity index (χ4n) is 2.64.